The van der Waals surface area contributed by atoms with Gasteiger partial charge in [0.25, 0.3) is 0 Å². The van der Waals surface area contributed by atoms with Crippen LogP contribution in [-0.4, -0.2) is 65.7 Å². The molecule has 7 heteroatoms. The summed E-state index contributed by atoms with van der Waals surface area (Å²) in [7, 11) is 0. The van der Waals surface area contributed by atoms with E-state index in [0.717, 1.165) is 50.1 Å². The minimum atomic E-state index is 0.335. The fraction of sp³-hybridized carbons (Fsp3) is 0.647. The van der Waals surface area contributed by atoms with Gasteiger partial charge in [-0.25, -0.2) is 4.98 Å². The maximum atomic E-state index is 5.97. The highest BCUT2D eigenvalue weighted by Crippen LogP contribution is 2.31. The molecule has 24 heavy (non-hydrogen) atoms. The molecule has 5 heterocycles. The third kappa shape index (κ3) is 2.34. The molecule has 0 amide bonds. The van der Waals surface area contributed by atoms with Gasteiger partial charge in [-0.2, -0.15) is 9.61 Å². The number of anilines is 2. The van der Waals surface area contributed by atoms with E-state index in [-0.39, 0.29) is 0 Å². The van der Waals surface area contributed by atoms with Crippen molar-refractivity contribution in [2.45, 2.75) is 38.0 Å². The van der Waals surface area contributed by atoms with Crippen molar-refractivity contribution in [3.05, 3.63) is 18.3 Å². The lowest BCUT2D eigenvalue weighted by Crippen LogP contribution is -2.45. The molecule has 0 aliphatic carbocycles. The molecule has 0 aromatic carbocycles. The normalized spacial score (nSPS) is 30.3. The van der Waals surface area contributed by atoms with Crippen LogP contribution >= 0.6 is 0 Å². The smallest absolute Gasteiger partial charge is 0.159 e. The van der Waals surface area contributed by atoms with Crippen molar-refractivity contribution in [2.24, 2.45) is 0 Å². The number of rotatable bonds is 2. The lowest BCUT2D eigenvalue weighted by atomic mass is 10.2. The van der Waals surface area contributed by atoms with Gasteiger partial charge in [-0.3, -0.25) is 0 Å². The van der Waals surface area contributed by atoms with Crippen LogP contribution in [-0.2, 0) is 9.47 Å². The molecule has 2 aromatic heterocycles. The third-order valence-electron chi connectivity index (χ3n) is 5.36. The molecule has 0 spiro atoms. The predicted molar refractivity (Wildman–Crippen MR) is 90.7 cm³/mol. The van der Waals surface area contributed by atoms with Crippen LogP contribution in [0, 0.1) is 0 Å². The van der Waals surface area contributed by atoms with E-state index < -0.39 is 0 Å². The van der Waals surface area contributed by atoms with E-state index in [1.165, 1.54) is 12.8 Å². The minimum absolute atomic E-state index is 0.335. The number of fused-ring (bicyclic) bond motifs is 3. The lowest BCUT2D eigenvalue weighted by molar-refractivity contribution is 0.0302. The zero-order valence-electron chi connectivity index (χ0n) is 14.0. The van der Waals surface area contributed by atoms with Crippen LogP contribution in [0.15, 0.2) is 18.3 Å². The van der Waals surface area contributed by atoms with Gasteiger partial charge in [0, 0.05) is 31.8 Å². The van der Waals surface area contributed by atoms with Crippen LogP contribution in [0.25, 0.3) is 5.65 Å². The van der Waals surface area contributed by atoms with Crippen molar-refractivity contribution < 1.29 is 9.47 Å². The maximum Gasteiger partial charge on any atom is 0.159 e. The first kappa shape index (κ1) is 14.5. The zero-order valence-corrected chi connectivity index (χ0v) is 14.0. The van der Waals surface area contributed by atoms with Gasteiger partial charge in [0.2, 0.25) is 0 Å². The van der Waals surface area contributed by atoms with Crippen molar-refractivity contribution in [1.29, 1.82) is 0 Å². The first-order valence-corrected chi connectivity index (χ1v) is 8.87. The average molecular weight is 329 g/mol. The molecular formula is C17H23N5O2. The topological polar surface area (TPSA) is 55.1 Å². The second-order valence-corrected chi connectivity index (χ2v) is 7.05. The van der Waals surface area contributed by atoms with E-state index in [1.54, 1.807) is 0 Å². The van der Waals surface area contributed by atoms with Crippen molar-refractivity contribution >= 4 is 17.3 Å². The van der Waals surface area contributed by atoms with Gasteiger partial charge in [0.15, 0.2) is 5.65 Å². The summed E-state index contributed by atoms with van der Waals surface area (Å²) in [6.45, 7) is 6.46. The Kier molecular flexibility index (Phi) is 3.38. The van der Waals surface area contributed by atoms with Gasteiger partial charge in [0.05, 0.1) is 37.7 Å². The number of hydrogen-bond donors (Lipinski definition) is 0. The van der Waals surface area contributed by atoms with Crippen molar-refractivity contribution in [3.63, 3.8) is 0 Å². The lowest BCUT2D eigenvalue weighted by Gasteiger charge is -2.37. The molecule has 3 saturated heterocycles. The number of ether oxygens (including phenoxy) is 2. The molecule has 3 atom stereocenters. The number of aromatic nitrogens is 3. The van der Waals surface area contributed by atoms with E-state index in [0.29, 0.717) is 18.2 Å². The Labute approximate surface area is 141 Å². The summed E-state index contributed by atoms with van der Waals surface area (Å²) in [4.78, 5) is 9.61. The van der Waals surface area contributed by atoms with Gasteiger partial charge in [-0.05, 0) is 19.8 Å². The highest BCUT2D eigenvalue weighted by molar-refractivity contribution is 5.59. The molecule has 2 aromatic rings. The Bertz CT molecular complexity index is 736. The summed E-state index contributed by atoms with van der Waals surface area (Å²) in [6, 6.07) is 4.50. The molecule has 7 nitrogen and oxygen atoms in total. The summed E-state index contributed by atoms with van der Waals surface area (Å²) >= 11 is 0. The molecule has 3 aliphatic rings. The number of nitrogens with zero attached hydrogens (tertiary/aromatic N) is 5. The summed E-state index contributed by atoms with van der Waals surface area (Å²) in [6.07, 6.45) is 4.88. The molecular weight excluding hydrogens is 306 g/mol. The molecule has 3 unspecified atom stereocenters. The van der Waals surface area contributed by atoms with E-state index in [2.05, 4.69) is 27.9 Å². The van der Waals surface area contributed by atoms with Gasteiger partial charge < -0.3 is 19.3 Å². The summed E-state index contributed by atoms with van der Waals surface area (Å²) in [5.74, 6) is 2.14. The van der Waals surface area contributed by atoms with E-state index in [1.807, 2.05) is 16.8 Å². The average Bonchev–Trinajstić information content (AvgIpc) is 3.20. The Morgan fingerprint density at radius 2 is 2.04 bits per heavy atom. The number of morpholine rings is 2. The second kappa shape index (κ2) is 5.60. The van der Waals surface area contributed by atoms with Crippen molar-refractivity contribution in [3.8, 4) is 0 Å². The zero-order chi connectivity index (χ0) is 16.1. The van der Waals surface area contributed by atoms with Crippen molar-refractivity contribution in [2.75, 3.05) is 42.6 Å². The molecule has 0 saturated carbocycles. The first-order valence-electron chi connectivity index (χ1n) is 8.87. The second-order valence-electron chi connectivity index (χ2n) is 7.05. The van der Waals surface area contributed by atoms with Gasteiger partial charge in [-0.1, -0.05) is 0 Å². The van der Waals surface area contributed by atoms with Crippen LogP contribution < -0.4 is 9.80 Å². The van der Waals surface area contributed by atoms with Crippen LogP contribution in [0.3, 0.4) is 0 Å². The molecule has 3 fully saturated rings. The molecule has 2 bridgehead atoms. The van der Waals surface area contributed by atoms with Crippen molar-refractivity contribution in [1.82, 2.24) is 14.6 Å². The SMILES string of the molecule is CC1COCCN1c1cc(N2CC3CCC(C2)O3)nc2ccnn12. The van der Waals surface area contributed by atoms with E-state index in [4.69, 9.17) is 14.5 Å². The highest BCUT2D eigenvalue weighted by atomic mass is 16.5. The van der Waals surface area contributed by atoms with Gasteiger partial charge >= 0.3 is 0 Å². The quantitative estimate of drug-likeness (QED) is 0.828. The van der Waals surface area contributed by atoms with E-state index in [9.17, 15) is 0 Å². The standard InChI is InChI=1S/C17H23N5O2/c1-12-11-23-7-6-21(12)17-8-16(19-15-4-5-18-22(15)17)20-9-13-2-3-14(10-20)24-13/h4-5,8,12-14H,2-3,6-7,9-11H2,1H3. The van der Waals surface area contributed by atoms with Crippen LogP contribution in [0.1, 0.15) is 19.8 Å². The van der Waals surface area contributed by atoms with Crippen LogP contribution in [0.2, 0.25) is 0 Å². The molecule has 5 rings (SSSR count). The Balaban J connectivity index is 1.55. The fourth-order valence-corrected chi connectivity index (χ4v) is 4.12. The Morgan fingerprint density at radius 3 is 2.83 bits per heavy atom. The maximum absolute atomic E-state index is 5.97. The molecule has 128 valence electrons. The van der Waals surface area contributed by atoms with Gasteiger partial charge in [-0.15, -0.1) is 0 Å². The third-order valence-corrected chi connectivity index (χ3v) is 5.36. The summed E-state index contributed by atoms with van der Waals surface area (Å²) < 4.78 is 13.5. The monoisotopic (exact) mass is 329 g/mol. The predicted octanol–water partition coefficient (Wildman–Crippen LogP) is 1.32. The molecule has 3 aliphatic heterocycles. The van der Waals surface area contributed by atoms with Crippen LogP contribution in [0.5, 0.6) is 0 Å². The Morgan fingerprint density at radius 1 is 1.21 bits per heavy atom. The van der Waals surface area contributed by atoms with Gasteiger partial charge in [0.1, 0.15) is 11.6 Å². The minimum Gasteiger partial charge on any atom is -0.377 e. The molecule has 0 radical (unpaired) electrons. The summed E-state index contributed by atoms with van der Waals surface area (Å²) in [5, 5.41) is 4.49. The fourth-order valence-electron chi connectivity index (χ4n) is 4.12. The summed E-state index contributed by atoms with van der Waals surface area (Å²) in [5.41, 5.74) is 0.903. The van der Waals surface area contributed by atoms with E-state index >= 15 is 0 Å². The largest absolute Gasteiger partial charge is 0.377 e. The van der Waals surface area contributed by atoms with Crippen LogP contribution in [0.4, 0.5) is 11.6 Å². The number of hydrogen-bond acceptors (Lipinski definition) is 6. The Hall–Kier alpha value is -1.86. The highest BCUT2D eigenvalue weighted by Gasteiger charge is 2.35. The first-order chi connectivity index (χ1) is 11.8. The molecule has 0 N–H and O–H groups in total.